The molecule has 0 amide bonds. The number of nitrogens with one attached hydrogen (secondary N) is 3. The van der Waals surface area contributed by atoms with Gasteiger partial charge in [-0.15, -0.1) is 5.10 Å². The van der Waals surface area contributed by atoms with Gasteiger partial charge in [-0.2, -0.15) is 0 Å². The number of hydrazine groups is 1. The summed E-state index contributed by atoms with van der Waals surface area (Å²) in [6.07, 6.45) is 2.59. The van der Waals surface area contributed by atoms with Gasteiger partial charge in [-0.25, -0.2) is 20.9 Å². The lowest BCUT2D eigenvalue weighted by Gasteiger charge is -2.22. The van der Waals surface area contributed by atoms with Crippen molar-refractivity contribution in [3.63, 3.8) is 0 Å². The highest BCUT2D eigenvalue weighted by Gasteiger charge is 2.19. The minimum atomic E-state index is 0.185. The number of nitrogens with two attached hydrogens (primary N) is 2. The number of nitrogens with zero attached hydrogens (tertiary/aromatic N) is 4. The number of amidine groups is 1. The Morgan fingerprint density at radius 1 is 1.39 bits per heavy atom. The Bertz CT molecular complexity index is 927. The lowest BCUT2D eigenvalue weighted by molar-refractivity contribution is 0.328. The summed E-state index contributed by atoms with van der Waals surface area (Å²) in [4.78, 5) is 9.10. The first-order valence-corrected chi connectivity index (χ1v) is 10.3. The Morgan fingerprint density at radius 2 is 2.13 bits per heavy atom. The van der Waals surface area contributed by atoms with Crippen LogP contribution in [0.2, 0.25) is 0 Å². The zero-order chi connectivity index (χ0) is 23.0. The van der Waals surface area contributed by atoms with E-state index in [1.54, 1.807) is 20.2 Å². The summed E-state index contributed by atoms with van der Waals surface area (Å²) in [5.74, 6) is 6.36. The van der Waals surface area contributed by atoms with Gasteiger partial charge in [0.15, 0.2) is 0 Å². The van der Waals surface area contributed by atoms with Gasteiger partial charge in [0.2, 0.25) is 5.88 Å². The van der Waals surface area contributed by atoms with Crippen LogP contribution >= 0.6 is 0 Å². The SMILES string of the molecule is CCOc1ncccc1-c1cc(NC/C(N)=N/N(C)N)c(NC(C)CC)c(C(C)=N)n1. The fraction of sp³-hybridized carbons (Fsp3) is 0.429. The molecule has 0 aromatic carbocycles. The number of aromatic nitrogens is 2. The molecule has 168 valence electrons. The average Bonchev–Trinajstić information content (AvgIpc) is 2.72. The molecule has 7 N–H and O–H groups in total. The second-order valence-electron chi connectivity index (χ2n) is 7.16. The second kappa shape index (κ2) is 11.1. The van der Waals surface area contributed by atoms with E-state index in [4.69, 9.17) is 26.7 Å². The van der Waals surface area contributed by atoms with Gasteiger partial charge in [-0.1, -0.05) is 6.92 Å². The van der Waals surface area contributed by atoms with Crippen LogP contribution in [-0.4, -0.2) is 52.9 Å². The topological polar surface area (TPSA) is 151 Å². The molecule has 2 heterocycles. The first-order chi connectivity index (χ1) is 14.8. The molecule has 0 aliphatic heterocycles. The lowest BCUT2D eigenvalue weighted by Crippen LogP contribution is -2.30. The molecule has 0 saturated heterocycles. The predicted octanol–water partition coefficient (Wildman–Crippen LogP) is 2.63. The summed E-state index contributed by atoms with van der Waals surface area (Å²) in [5.41, 5.74) is 9.71. The van der Waals surface area contributed by atoms with Crippen molar-refractivity contribution in [2.24, 2.45) is 16.7 Å². The number of hydrazone groups is 1. The third kappa shape index (κ3) is 6.54. The van der Waals surface area contributed by atoms with Crippen LogP contribution in [-0.2, 0) is 0 Å². The van der Waals surface area contributed by atoms with E-state index in [-0.39, 0.29) is 12.6 Å². The van der Waals surface area contributed by atoms with Crippen molar-refractivity contribution in [3.8, 4) is 17.1 Å². The van der Waals surface area contributed by atoms with E-state index >= 15 is 0 Å². The van der Waals surface area contributed by atoms with E-state index in [9.17, 15) is 0 Å². The minimum Gasteiger partial charge on any atom is -0.477 e. The summed E-state index contributed by atoms with van der Waals surface area (Å²) in [6.45, 7) is 8.54. The number of hydrogen-bond acceptors (Lipinski definition) is 9. The van der Waals surface area contributed by atoms with Gasteiger partial charge in [0, 0.05) is 19.3 Å². The van der Waals surface area contributed by atoms with Crippen LogP contribution in [0.25, 0.3) is 11.3 Å². The largest absolute Gasteiger partial charge is 0.477 e. The molecule has 0 saturated carbocycles. The molecule has 0 fully saturated rings. The maximum Gasteiger partial charge on any atom is 0.222 e. The molecule has 0 spiro atoms. The molecule has 0 aliphatic carbocycles. The zero-order valence-electron chi connectivity index (χ0n) is 18.9. The van der Waals surface area contributed by atoms with E-state index in [1.807, 2.05) is 25.1 Å². The molecule has 31 heavy (non-hydrogen) atoms. The van der Waals surface area contributed by atoms with Crippen LogP contribution in [0.3, 0.4) is 0 Å². The summed E-state index contributed by atoms with van der Waals surface area (Å²) in [6, 6.07) is 5.81. The second-order valence-corrected chi connectivity index (χ2v) is 7.16. The van der Waals surface area contributed by atoms with Gasteiger partial charge in [0.05, 0.1) is 41.5 Å². The first kappa shape index (κ1) is 23.9. The van der Waals surface area contributed by atoms with E-state index in [2.05, 4.69) is 34.6 Å². The summed E-state index contributed by atoms with van der Waals surface area (Å²) in [5, 5.41) is 20.3. The van der Waals surface area contributed by atoms with Crippen LogP contribution in [0.15, 0.2) is 29.5 Å². The number of hydrogen-bond donors (Lipinski definition) is 5. The molecular weight excluding hydrogens is 394 g/mol. The Kier molecular flexibility index (Phi) is 8.56. The number of pyridine rings is 2. The van der Waals surface area contributed by atoms with Crippen LogP contribution in [0.4, 0.5) is 11.4 Å². The Morgan fingerprint density at radius 3 is 2.74 bits per heavy atom. The van der Waals surface area contributed by atoms with Crippen molar-refractivity contribution in [2.75, 3.05) is 30.8 Å². The molecule has 1 unspecified atom stereocenters. The molecule has 0 bridgehead atoms. The van der Waals surface area contributed by atoms with Crippen molar-refractivity contribution < 1.29 is 4.74 Å². The molecule has 0 aliphatic rings. The van der Waals surface area contributed by atoms with E-state index < -0.39 is 0 Å². The number of rotatable bonds is 11. The fourth-order valence-corrected chi connectivity index (χ4v) is 2.85. The van der Waals surface area contributed by atoms with Crippen molar-refractivity contribution in [1.29, 1.82) is 5.41 Å². The van der Waals surface area contributed by atoms with Gasteiger partial charge >= 0.3 is 0 Å². The van der Waals surface area contributed by atoms with Crippen molar-refractivity contribution in [2.45, 2.75) is 40.2 Å². The molecular formula is C21H33N9O. The van der Waals surface area contributed by atoms with Gasteiger partial charge in [-0.3, -0.25) is 0 Å². The highest BCUT2D eigenvalue weighted by molar-refractivity contribution is 6.03. The quantitative estimate of drug-likeness (QED) is 0.159. The smallest absolute Gasteiger partial charge is 0.222 e. The minimum absolute atomic E-state index is 0.185. The van der Waals surface area contributed by atoms with Gasteiger partial charge < -0.3 is 26.5 Å². The normalized spacial score (nSPS) is 12.3. The number of ether oxygens (including phenoxy) is 1. The van der Waals surface area contributed by atoms with E-state index in [0.29, 0.717) is 35.4 Å². The van der Waals surface area contributed by atoms with E-state index in [0.717, 1.165) is 28.5 Å². The maximum atomic E-state index is 8.33. The zero-order valence-corrected chi connectivity index (χ0v) is 18.9. The Balaban J connectivity index is 2.61. The molecule has 2 rings (SSSR count). The molecule has 0 radical (unpaired) electrons. The molecule has 10 heteroatoms. The van der Waals surface area contributed by atoms with Crippen LogP contribution in [0.1, 0.15) is 39.8 Å². The highest BCUT2D eigenvalue weighted by atomic mass is 16.5. The predicted molar refractivity (Wildman–Crippen MR) is 127 cm³/mol. The van der Waals surface area contributed by atoms with Crippen molar-refractivity contribution >= 4 is 22.9 Å². The molecule has 1 atom stereocenters. The Hall–Kier alpha value is -3.40. The third-order valence-corrected chi connectivity index (χ3v) is 4.45. The van der Waals surface area contributed by atoms with Crippen molar-refractivity contribution in [3.05, 3.63) is 30.1 Å². The standard InChI is InChI=1S/C21H33N9O/c1-6-13(3)27-20-17(26-12-18(23)29-30(5)24)11-16(28-19(20)14(4)22)15-9-8-10-25-21(15)31-7-2/h8-11,13,22,27H,6-7,12,24H2,1-5H3,(H2,23,29)(H,26,28). The van der Waals surface area contributed by atoms with Crippen molar-refractivity contribution in [1.82, 2.24) is 15.1 Å². The fourth-order valence-electron chi connectivity index (χ4n) is 2.85. The highest BCUT2D eigenvalue weighted by Crippen LogP contribution is 2.34. The van der Waals surface area contributed by atoms with Gasteiger partial charge in [0.1, 0.15) is 11.5 Å². The lowest BCUT2D eigenvalue weighted by atomic mass is 10.1. The van der Waals surface area contributed by atoms with Crippen LogP contribution in [0.5, 0.6) is 5.88 Å². The molecule has 2 aromatic rings. The van der Waals surface area contributed by atoms with E-state index in [1.165, 1.54) is 0 Å². The first-order valence-electron chi connectivity index (χ1n) is 10.3. The summed E-state index contributed by atoms with van der Waals surface area (Å²) >= 11 is 0. The van der Waals surface area contributed by atoms with Crippen LogP contribution in [0, 0.1) is 5.41 Å². The summed E-state index contributed by atoms with van der Waals surface area (Å²) < 4.78 is 5.69. The monoisotopic (exact) mass is 427 g/mol. The molecule has 2 aromatic heterocycles. The maximum absolute atomic E-state index is 8.33. The van der Waals surface area contributed by atoms with Gasteiger partial charge in [0.25, 0.3) is 0 Å². The Labute approximate surface area is 183 Å². The average molecular weight is 428 g/mol. The van der Waals surface area contributed by atoms with Crippen LogP contribution < -0.4 is 26.9 Å². The third-order valence-electron chi connectivity index (χ3n) is 4.45. The number of anilines is 2. The molecule has 10 nitrogen and oxygen atoms in total. The van der Waals surface area contributed by atoms with Gasteiger partial charge in [-0.05, 0) is 45.4 Å². The summed E-state index contributed by atoms with van der Waals surface area (Å²) in [7, 11) is 1.60.